The van der Waals surface area contributed by atoms with Gasteiger partial charge in [-0.25, -0.2) is 4.98 Å². The number of fused-ring (bicyclic) bond motifs is 1. The normalized spacial score (nSPS) is 14.4. The van der Waals surface area contributed by atoms with E-state index in [1.54, 1.807) is 11.3 Å². The van der Waals surface area contributed by atoms with Crippen LogP contribution in [0.2, 0.25) is 0 Å². The van der Waals surface area contributed by atoms with Crippen LogP contribution in [0.25, 0.3) is 10.2 Å². The van der Waals surface area contributed by atoms with E-state index in [0.717, 1.165) is 79.6 Å². The van der Waals surface area contributed by atoms with Gasteiger partial charge in [0.25, 0.3) is 5.91 Å². The Kier molecular flexibility index (Phi) is 9.12. The SMILES string of the molecule is CCCCCOc1cccc(C(=O)N(CCCN2CCOCC2)c2nc3cc(C)c(C)cc3s2)c1. The lowest BCUT2D eigenvalue weighted by Crippen LogP contribution is -2.39. The minimum atomic E-state index is -0.0292. The molecule has 188 valence electrons. The molecule has 0 bridgehead atoms. The fourth-order valence-electron chi connectivity index (χ4n) is 4.26. The molecule has 7 heteroatoms. The summed E-state index contributed by atoms with van der Waals surface area (Å²) in [5, 5.41) is 0.756. The first kappa shape index (κ1) is 25.6. The molecule has 1 amide bonds. The zero-order valence-electron chi connectivity index (χ0n) is 21.2. The first-order chi connectivity index (χ1) is 17.0. The Hall–Kier alpha value is -2.48. The molecule has 2 aromatic carbocycles. The lowest BCUT2D eigenvalue weighted by molar-refractivity contribution is 0.0376. The molecule has 2 heterocycles. The van der Waals surface area contributed by atoms with E-state index >= 15 is 0 Å². The Bertz CT molecular complexity index is 1080. The number of hydrogen-bond donors (Lipinski definition) is 0. The Morgan fingerprint density at radius 3 is 2.71 bits per heavy atom. The molecule has 1 aliphatic heterocycles. The molecule has 3 aromatic rings. The predicted octanol–water partition coefficient (Wildman–Crippen LogP) is 5.85. The first-order valence-corrected chi connectivity index (χ1v) is 13.6. The predicted molar refractivity (Wildman–Crippen MR) is 144 cm³/mol. The van der Waals surface area contributed by atoms with Crippen LogP contribution in [0.15, 0.2) is 36.4 Å². The number of ether oxygens (including phenoxy) is 2. The lowest BCUT2D eigenvalue weighted by atomic mass is 10.1. The summed E-state index contributed by atoms with van der Waals surface area (Å²) in [6.45, 7) is 12.1. The van der Waals surface area contributed by atoms with Gasteiger partial charge < -0.3 is 9.47 Å². The van der Waals surface area contributed by atoms with Gasteiger partial charge in [0.05, 0.1) is 30.0 Å². The Labute approximate surface area is 212 Å². The molecule has 0 unspecified atom stereocenters. The van der Waals surface area contributed by atoms with Crippen molar-refractivity contribution in [2.24, 2.45) is 0 Å². The van der Waals surface area contributed by atoms with E-state index in [-0.39, 0.29) is 5.91 Å². The largest absolute Gasteiger partial charge is 0.494 e. The highest BCUT2D eigenvalue weighted by Gasteiger charge is 2.22. The van der Waals surface area contributed by atoms with Gasteiger partial charge >= 0.3 is 0 Å². The first-order valence-electron chi connectivity index (χ1n) is 12.8. The van der Waals surface area contributed by atoms with Crippen LogP contribution < -0.4 is 9.64 Å². The maximum Gasteiger partial charge on any atom is 0.260 e. The van der Waals surface area contributed by atoms with Gasteiger partial charge in [-0.05, 0) is 68.1 Å². The second-order valence-electron chi connectivity index (χ2n) is 9.25. The summed E-state index contributed by atoms with van der Waals surface area (Å²) in [4.78, 5) is 22.9. The molecule has 0 N–H and O–H groups in total. The van der Waals surface area contributed by atoms with Crippen molar-refractivity contribution in [3.63, 3.8) is 0 Å². The van der Waals surface area contributed by atoms with Crippen molar-refractivity contribution in [2.75, 3.05) is 50.9 Å². The van der Waals surface area contributed by atoms with Crippen molar-refractivity contribution in [1.82, 2.24) is 9.88 Å². The van der Waals surface area contributed by atoms with Crippen LogP contribution in [0.4, 0.5) is 5.13 Å². The fraction of sp³-hybridized carbons (Fsp3) is 0.500. The average molecular weight is 496 g/mol. The van der Waals surface area contributed by atoms with Crippen LogP contribution >= 0.6 is 11.3 Å². The number of anilines is 1. The highest BCUT2D eigenvalue weighted by Crippen LogP contribution is 2.32. The van der Waals surface area contributed by atoms with Gasteiger partial charge in [-0.2, -0.15) is 0 Å². The van der Waals surface area contributed by atoms with Gasteiger partial charge in [0.2, 0.25) is 0 Å². The third kappa shape index (κ3) is 6.81. The summed E-state index contributed by atoms with van der Waals surface area (Å²) < 4.78 is 12.5. The molecule has 0 atom stereocenters. The molecule has 0 aliphatic carbocycles. The average Bonchev–Trinajstić information content (AvgIpc) is 3.27. The number of carbonyl (C=O) groups excluding carboxylic acids is 1. The maximum absolute atomic E-state index is 13.8. The molecule has 4 rings (SSSR count). The zero-order chi connectivity index (χ0) is 24.6. The standard InChI is InChI=1S/C28H37N3O3S/c1-4-5-6-15-34-24-10-7-9-23(20-24)27(32)31(12-8-11-30-13-16-33-17-14-30)28-29-25-18-21(2)22(3)19-26(25)35-28/h7,9-10,18-20H,4-6,8,11-17H2,1-3H3. The number of nitrogens with zero attached hydrogens (tertiary/aromatic N) is 3. The van der Waals surface area contributed by atoms with E-state index in [9.17, 15) is 4.79 Å². The van der Waals surface area contributed by atoms with Crippen molar-refractivity contribution < 1.29 is 14.3 Å². The van der Waals surface area contributed by atoms with Crippen molar-refractivity contribution in [1.29, 1.82) is 0 Å². The number of unbranched alkanes of at least 4 members (excludes halogenated alkanes) is 2. The van der Waals surface area contributed by atoms with E-state index in [2.05, 4.69) is 37.8 Å². The molecular formula is C28H37N3O3S. The van der Waals surface area contributed by atoms with Gasteiger partial charge in [0, 0.05) is 31.7 Å². The number of benzene rings is 2. The van der Waals surface area contributed by atoms with E-state index in [1.165, 1.54) is 11.1 Å². The molecule has 0 radical (unpaired) electrons. The molecule has 1 saturated heterocycles. The summed E-state index contributed by atoms with van der Waals surface area (Å²) in [5.41, 5.74) is 4.04. The summed E-state index contributed by atoms with van der Waals surface area (Å²) in [6.07, 6.45) is 4.20. The second kappa shape index (κ2) is 12.5. The number of carbonyl (C=O) groups is 1. The second-order valence-corrected chi connectivity index (χ2v) is 10.3. The van der Waals surface area contributed by atoms with Crippen LogP contribution in [0.3, 0.4) is 0 Å². The van der Waals surface area contributed by atoms with E-state index in [1.807, 2.05) is 29.2 Å². The van der Waals surface area contributed by atoms with Gasteiger partial charge in [-0.1, -0.05) is 37.2 Å². The van der Waals surface area contributed by atoms with Gasteiger partial charge in [-0.15, -0.1) is 0 Å². The number of aromatic nitrogens is 1. The number of morpholine rings is 1. The number of hydrogen-bond acceptors (Lipinski definition) is 6. The highest BCUT2D eigenvalue weighted by atomic mass is 32.1. The molecular weight excluding hydrogens is 458 g/mol. The van der Waals surface area contributed by atoms with E-state index in [0.29, 0.717) is 18.7 Å². The summed E-state index contributed by atoms with van der Waals surface area (Å²) in [5.74, 6) is 0.717. The van der Waals surface area contributed by atoms with Crippen molar-refractivity contribution in [3.8, 4) is 5.75 Å². The number of thiazole rings is 1. The molecule has 0 spiro atoms. The van der Waals surface area contributed by atoms with Crippen LogP contribution in [-0.2, 0) is 4.74 Å². The van der Waals surface area contributed by atoms with Crippen molar-refractivity contribution in [2.45, 2.75) is 46.5 Å². The Balaban J connectivity index is 1.54. The summed E-state index contributed by atoms with van der Waals surface area (Å²) in [6, 6.07) is 11.9. The Morgan fingerprint density at radius 1 is 1.11 bits per heavy atom. The number of amides is 1. The fourth-order valence-corrected chi connectivity index (χ4v) is 5.33. The van der Waals surface area contributed by atoms with Crippen LogP contribution in [0.1, 0.15) is 54.1 Å². The Morgan fingerprint density at radius 2 is 1.91 bits per heavy atom. The maximum atomic E-state index is 13.8. The highest BCUT2D eigenvalue weighted by molar-refractivity contribution is 7.22. The van der Waals surface area contributed by atoms with Crippen LogP contribution in [0.5, 0.6) is 5.75 Å². The third-order valence-corrected chi connectivity index (χ3v) is 7.57. The number of rotatable bonds is 11. The quantitative estimate of drug-likeness (QED) is 0.312. The van der Waals surface area contributed by atoms with Crippen molar-refractivity contribution in [3.05, 3.63) is 53.1 Å². The van der Waals surface area contributed by atoms with Gasteiger partial charge in [-0.3, -0.25) is 14.6 Å². The molecule has 0 saturated carbocycles. The van der Waals surface area contributed by atoms with Crippen molar-refractivity contribution >= 4 is 32.6 Å². The lowest BCUT2D eigenvalue weighted by Gasteiger charge is -2.27. The molecule has 1 aliphatic rings. The summed E-state index contributed by atoms with van der Waals surface area (Å²) >= 11 is 1.59. The number of aryl methyl sites for hydroxylation is 2. The minimum Gasteiger partial charge on any atom is -0.494 e. The monoisotopic (exact) mass is 495 g/mol. The molecule has 6 nitrogen and oxygen atoms in total. The van der Waals surface area contributed by atoms with Gasteiger partial charge in [0.15, 0.2) is 5.13 Å². The molecule has 1 fully saturated rings. The third-order valence-electron chi connectivity index (χ3n) is 6.53. The van der Waals surface area contributed by atoms with Gasteiger partial charge in [0.1, 0.15) is 5.75 Å². The molecule has 1 aromatic heterocycles. The zero-order valence-corrected chi connectivity index (χ0v) is 22.0. The van der Waals surface area contributed by atoms with E-state index < -0.39 is 0 Å². The van der Waals surface area contributed by atoms with Crippen LogP contribution in [0, 0.1) is 13.8 Å². The topological polar surface area (TPSA) is 54.9 Å². The summed E-state index contributed by atoms with van der Waals surface area (Å²) in [7, 11) is 0. The smallest absolute Gasteiger partial charge is 0.260 e. The minimum absolute atomic E-state index is 0.0292. The van der Waals surface area contributed by atoms with Crippen LogP contribution in [-0.4, -0.2) is 61.8 Å². The van der Waals surface area contributed by atoms with E-state index in [4.69, 9.17) is 14.5 Å². The molecule has 35 heavy (non-hydrogen) atoms.